The zero-order valence-corrected chi connectivity index (χ0v) is 15.3. The standard InChI is InChI=1S/C24H22N2O/c1-17(18-12-14-20(15-13-18)19-8-4-2-5-9-19)25-26-24(27)23-16-22(23)21-10-6-3-7-11-21/h2-15,22-23H,16H2,1H3,(H,26,27)/b25-17-/t22-,23+/m0/s1. The van der Waals surface area contributed by atoms with Crippen LogP contribution in [0.3, 0.4) is 0 Å². The Morgan fingerprint density at radius 1 is 0.852 bits per heavy atom. The molecule has 0 saturated heterocycles. The van der Waals surface area contributed by atoms with Gasteiger partial charge in [0.2, 0.25) is 5.91 Å². The van der Waals surface area contributed by atoms with E-state index in [1.54, 1.807) is 0 Å². The third-order valence-electron chi connectivity index (χ3n) is 5.10. The highest BCUT2D eigenvalue weighted by Crippen LogP contribution is 2.47. The van der Waals surface area contributed by atoms with Crippen molar-refractivity contribution in [2.45, 2.75) is 19.3 Å². The molecule has 134 valence electrons. The van der Waals surface area contributed by atoms with Gasteiger partial charge < -0.3 is 0 Å². The molecule has 27 heavy (non-hydrogen) atoms. The normalized spacial score (nSPS) is 18.8. The molecule has 3 aromatic rings. The van der Waals surface area contributed by atoms with Gasteiger partial charge in [-0.25, -0.2) is 5.43 Å². The molecule has 0 bridgehead atoms. The fourth-order valence-corrected chi connectivity index (χ4v) is 3.37. The van der Waals surface area contributed by atoms with Crippen molar-refractivity contribution < 1.29 is 4.79 Å². The van der Waals surface area contributed by atoms with Gasteiger partial charge in [0.25, 0.3) is 0 Å². The number of rotatable bonds is 5. The Morgan fingerprint density at radius 2 is 1.44 bits per heavy atom. The third-order valence-corrected chi connectivity index (χ3v) is 5.10. The fraction of sp³-hybridized carbons (Fsp3) is 0.167. The Balaban J connectivity index is 1.38. The van der Waals surface area contributed by atoms with E-state index in [4.69, 9.17) is 0 Å². The summed E-state index contributed by atoms with van der Waals surface area (Å²) >= 11 is 0. The molecule has 4 rings (SSSR count). The lowest BCUT2D eigenvalue weighted by Crippen LogP contribution is -2.21. The van der Waals surface area contributed by atoms with Gasteiger partial charge in [0.1, 0.15) is 0 Å². The molecular weight excluding hydrogens is 332 g/mol. The highest BCUT2D eigenvalue weighted by Gasteiger charge is 2.43. The second kappa shape index (κ2) is 7.58. The summed E-state index contributed by atoms with van der Waals surface area (Å²) in [6.45, 7) is 1.92. The number of nitrogens with one attached hydrogen (secondary N) is 1. The van der Waals surface area contributed by atoms with Crippen LogP contribution in [-0.4, -0.2) is 11.6 Å². The molecule has 1 N–H and O–H groups in total. The van der Waals surface area contributed by atoms with Gasteiger partial charge in [0, 0.05) is 5.92 Å². The first-order valence-corrected chi connectivity index (χ1v) is 9.27. The quantitative estimate of drug-likeness (QED) is 0.508. The van der Waals surface area contributed by atoms with E-state index in [0.29, 0.717) is 5.92 Å². The number of hydrogen-bond acceptors (Lipinski definition) is 2. The van der Waals surface area contributed by atoms with E-state index in [1.807, 2.05) is 55.5 Å². The van der Waals surface area contributed by atoms with Crippen LogP contribution in [0.5, 0.6) is 0 Å². The van der Waals surface area contributed by atoms with E-state index >= 15 is 0 Å². The van der Waals surface area contributed by atoms with Crippen molar-refractivity contribution in [2.75, 3.05) is 0 Å². The first kappa shape index (κ1) is 17.2. The molecule has 2 atom stereocenters. The van der Waals surface area contributed by atoms with Crippen LogP contribution >= 0.6 is 0 Å². The maximum atomic E-state index is 12.3. The molecular formula is C24H22N2O. The summed E-state index contributed by atoms with van der Waals surface area (Å²) in [5, 5.41) is 4.30. The summed E-state index contributed by atoms with van der Waals surface area (Å²) in [6, 6.07) is 28.7. The topological polar surface area (TPSA) is 41.5 Å². The van der Waals surface area contributed by atoms with Crippen LogP contribution in [0, 0.1) is 5.92 Å². The average Bonchev–Trinajstić information content (AvgIpc) is 3.54. The Hall–Kier alpha value is -3.20. The fourth-order valence-electron chi connectivity index (χ4n) is 3.37. The second-order valence-electron chi connectivity index (χ2n) is 6.98. The molecule has 0 spiro atoms. The van der Waals surface area contributed by atoms with Gasteiger partial charge in [0.15, 0.2) is 0 Å². The molecule has 0 radical (unpaired) electrons. The van der Waals surface area contributed by atoms with Gasteiger partial charge in [-0.2, -0.15) is 5.10 Å². The van der Waals surface area contributed by atoms with Crippen LogP contribution in [0.1, 0.15) is 30.4 Å². The minimum absolute atomic E-state index is 0.00380. The summed E-state index contributed by atoms with van der Waals surface area (Å²) in [5.74, 6) is 0.361. The lowest BCUT2D eigenvalue weighted by Gasteiger charge is -2.05. The zero-order chi connectivity index (χ0) is 18.6. The van der Waals surface area contributed by atoms with Crippen molar-refractivity contribution in [2.24, 2.45) is 11.0 Å². The van der Waals surface area contributed by atoms with Crippen LogP contribution < -0.4 is 5.43 Å². The van der Waals surface area contributed by atoms with Gasteiger partial charge in [-0.3, -0.25) is 4.79 Å². The number of amides is 1. The largest absolute Gasteiger partial charge is 0.273 e. The van der Waals surface area contributed by atoms with Crippen LogP contribution in [0.2, 0.25) is 0 Å². The molecule has 1 amide bonds. The molecule has 3 nitrogen and oxygen atoms in total. The molecule has 1 fully saturated rings. The molecule has 1 aliphatic rings. The summed E-state index contributed by atoms with van der Waals surface area (Å²) in [4.78, 5) is 12.3. The molecule has 3 aromatic carbocycles. The van der Waals surface area contributed by atoms with E-state index in [9.17, 15) is 4.79 Å². The maximum Gasteiger partial charge on any atom is 0.243 e. The van der Waals surface area contributed by atoms with E-state index in [0.717, 1.165) is 17.7 Å². The monoisotopic (exact) mass is 354 g/mol. The summed E-state index contributed by atoms with van der Waals surface area (Å²) in [7, 11) is 0. The first-order valence-electron chi connectivity index (χ1n) is 9.27. The van der Waals surface area contributed by atoms with Crippen molar-refractivity contribution >= 4 is 11.6 Å². The van der Waals surface area contributed by atoms with Crippen LogP contribution in [0.4, 0.5) is 0 Å². The molecule has 0 heterocycles. The van der Waals surface area contributed by atoms with Gasteiger partial charge in [-0.15, -0.1) is 0 Å². The molecule has 0 aliphatic heterocycles. The lowest BCUT2D eigenvalue weighted by atomic mass is 10.0. The van der Waals surface area contributed by atoms with Crippen molar-refractivity contribution in [3.05, 3.63) is 96.1 Å². The maximum absolute atomic E-state index is 12.3. The van der Waals surface area contributed by atoms with E-state index in [1.165, 1.54) is 16.7 Å². The second-order valence-corrected chi connectivity index (χ2v) is 6.98. The predicted molar refractivity (Wildman–Crippen MR) is 110 cm³/mol. The van der Waals surface area contributed by atoms with Gasteiger partial charge in [-0.1, -0.05) is 84.9 Å². The minimum atomic E-state index is 0.00380. The zero-order valence-electron chi connectivity index (χ0n) is 15.3. The molecule has 3 heteroatoms. The number of carbonyl (C=O) groups excluding carboxylic acids is 1. The van der Waals surface area contributed by atoms with Crippen LogP contribution in [0.15, 0.2) is 90.0 Å². The SMILES string of the molecule is C/C(=N/NC(=O)[C@@H]1C[C@H]1c1ccccc1)c1ccc(-c2ccccc2)cc1. The minimum Gasteiger partial charge on any atom is -0.273 e. The first-order chi connectivity index (χ1) is 13.2. The van der Waals surface area contributed by atoms with Crippen molar-refractivity contribution in [3.63, 3.8) is 0 Å². The smallest absolute Gasteiger partial charge is 0.243 e. The van der Waals surface area contributed by atoms with Gasteiger partial charge in [-0.05, 0) is 41.5 Å². The van der Waals surface area contributed by atoms with E-state index in [-0.39, 0.29) is 11.8 Å². The Kier molecular flexibility index (Phi) is 4.84. The summed E-state index contributed by atoms with van der Waals surface area (Å²) < 4.78 is 0. The molecule has 1 saturated carbocycles. The van der Waals surface area contributed by atoms with Gasteiger partial charge in [0.05, 0.1) is 5.71 Å². The van der Waals surface area contributed by atoms with E-state index < -0.39 is 0 Å². The highest BCUT2D eigenvalue weighted by atomic mass is 16.2. The van der Waals surface area contributed by atoms with Crippen LogP contribution in [-0.2, 0) is 4.79 Å². The third kappa shape index (κ3) is 3.98. The number of benzene rings is 3. The molecule has 0 unspecified atom stereocenters. The number of nitrogens with zero attached hydrogens (tertiary/aromatic N) is 1. The summed E-state index contributed by atoms with van der Waals surface area (Å²) in [6.07, 6.45) is 0.899. The highest BCUT2D eigenvalue weighted by molar-refractivity contribution is 5.99. The Bertz CT molecular complexity index is 947. The number of carbonyl (C=O) groups is 1. The van der Waals surface area contributed by atoms with Crippen molar-refractivity contribution in [1.82, 2.24) is 5.43 Å². The van der Waals surface area contributed by atoms with E-state index in [2.05, 4.69) is 46.9 Å². The van der Waals surface area contributed by atoms with Crippen molar-refractivity contribution in [1.29, 1.82) is 0 Å². The Morgan fingerprint density at radius 3 is 2.11 bits per heavy atom. The molecule has 1 aliphatic carbocycles. The number of hydrogen-bond donors (Lipinski definition) is 1. The summed E-state index contributed by atoms with van der Waals surface area (Å²) in [5.41, 5.74) is 8.13. The van der Waals surface area contributed by atoms with Gasteiger partial charge >= 0.3 is 0 Å². The number of hydrazone groups is 1. The van der Waals surface area contributed by atoms with Crippen LogP contribution in [0.25, 0.3) is 11.1 Å². The Labute approximate surface area is 159 Å². The lowest BCUT2D eigenvalue weighted by molar-refractivity contribution is -0.122. The average molecular weight is 354 g/mol. The molecule has 0 aromatic heterocycles. The predicted octanol–water partition coefficient (Wildman–Crippen LogP) is 5.00. The van der Waals surface area contributed by atoms with Crippen molar-refractivity contribution in [3.8, 4) is 11.1 Å².